The molecule has 0 bridgehead atoms. The molecule has 0 amide bonds. The molecule has 0 saturated carbocycles. The zero-order valence-electron chi connectivity index (χ0n) is 9.22. The van der Waals surface area contributed by atoms with Gasteiger partial charge in [0, 0.05) is 18.0 Å². The molecule has 0 fully saturated rings. The molecule has 1 aliphatic rings. The van der Waals surface area contributed by atoms with Gasteiger partial charge < -0.3 is 10.1 Å². The average Bonchev–Trinajstić information content (AvgIpc) is 2.26. The van der Waals surface area contributed by atoms with Gasteiger partial charge in [0.1, 0.15) is 11.6 Å². The van der Waals surface area contributed by atoms with Gasteiger partial charge in [-0.3, -0.25) is 0 Å². The van der Waals surface area contributed by atoms with Crippen LogP contribution in [0.1, 0.15) is 31.4 Å². The fourth-order valence-corrected chi connectivity index (χ4v) is 2.52. The molecule has 2 rings (SSSR count). The van der Waals surface area contributed by atoms with Crippen LogP contribution < -0.4 is 10.1 Å². The second-order valence-electron chi connectivity index (χ2n) is 3.95. The molecule has 1 atom stereocenters. The fourth-order valence-electron chi connectivity index (χ4n) is 1.96. The first-order chi connectivity index (χ1) is 7.72. The van der Waals surface area contributed by atoms with E-state index in [4.69, 9.17) is 4.74 Å². The van der Waals surface area contributed by atoms with Crippen LogP contribution in [0.25, 0.3) is 0 Å². The van der Waals surface area contributed by atoms with Crippen molar-refractivity contribution in [1.82, 2.24) is 5.32 Å². The Morgan fingerprint density at radius 2 is 2.38 bits per heavy atom. The third-order valence-electron chi connectivity index (χ3n) is 2.71. The molecule has 16 heavy (non-hydrogen) atoms. The van der Waals surface area contributed by atoms with E-state index in [-0.39, 0.29) is 11.9 Å². The molecule has 1 aromatic rings. The second kappa shape index (κ2) is 5.15. The Bertz CT molecular complexity index is 384. The van der Waals surface area contributed by atoms with Crippen LogP contribution in [0.5, 0.6) is 5.75 Å². The van der Waals surface area contributed by atoms with Crippen molar-refractivity contribution in [2.45, 2.75) is 25.8 Å². The third kappa shape index (κ3) is 2.38. The molecule has 0 saturated heterocycles. The van der Waals surface area contributed by atoms with Crippen LogP contribution >= 0.6 is 15.9 Å². The summed E-state index contributed by atoms with van der Waals surface area (Å²) in [6.45, 7) is 3.74. The van der Waals surface area contributed by atoms with E-state index < -0.39 is 0 Å². The van der Waals surface area contributed by atoms with Crippen molar-refractivity contribution in [2.75, 3.05) is 13.2 Å². The van der Waals surface area contributed by atoms with E-state index in [1.807, 2.05) is 0 Å². The largest absolute Gasteiger partial charge is 0.492 e. The maximum absolute atomic E-state index is 13.3. The van der Waals surface area contributed by atoms with Gasteiger partial charge in [0.05, 0.1) is 11.1 Å². The summed E-state index contributed by atoms with van der Waals surface area (Å²) >= 11 is 3.34. The molecule has 0 spiro atoms. The first-order valence-corrected chi connectivity index (χ1v) is 6.36. The van der Waals surface area contributed by atoms with E-state index in [0.29, 0.717) is 11.1 Å². The number of halogens is 2. The topological polar surface area (TPSA) is 21.3 Å². The Kier molecular flexibility index (Phi) is 3.82. The van der Waals surface area contributed by atoms with Gasteiger partial charge >= 0.3 is 0 Å². The summed E-state index contributed by atoms with van der Waals surface area (Å²) in [6, 6.07) is 3.21. The summed E-state index contributed by atoms with van der Waals surface area (Å²) < 4.78 is 19.6. The molecule has 1 aliphatic heterocycles. The maximum atomic E-state index is 13.3. The van der Waals surface area contributed by atoms with Crippen molar-refractivity contribution in [1.29, 1.82) is 0 Å². The zero-order chi connectivity index (χ0) is 11.5. The van der Waals surface area contributed by atoms with Crippen LogP contribution in [0.2, 0.25) is 0 Å². The Labute approximate surface area is 103 Å². The zero-order valence-corrected chi connectivity index (χ0v) is 10.8. The van der Waals surface area contributed by atoms with E-state index in [9.17, 15) is 4.39 Å². The molecular formula is C12H15BrFNO. The lowest BCUT2D eigenvalue weighted by molar-refractivity contribution is 0.250. The predicted molar refractivity (Wildman–Crippen MR) is 65.2 cm³/mol. The van der Waals surface area contributed by atoms with Gasteiger partial charge in [-0.2, -0.15) is 0 Å². The fraction of sp³-hybridized carbons (Fsp3) is 0.500. The van der Waals surface area contributed by atoms with Crippen LogP contribution in [0, 0.1) is 5.82 Å². The molecule has 1 heterocycles. The Balaban J connectivity index is 2.30. The van der Waals surface area contributed by atoms with Gasteiger partial charge in [-0.25, -0.2) is 4.39 Å². The van der Waals surface area contributed by atoms with E-state index in [1.165, 1.54) is 6.07 Å². The number of ether oxygens (including phenoxy) is 1. The van der Waals surface area contributed by atoms with Gasteiger partial charge in [-0.15, -0.1) is 0 Å². The minimum Gasteiger partial charge on any atom is -0.492 e. The molecule has 1 aromatic carbocycles. The monoisotopic (exact) mass is 287 g/mol. The van der Waals surface area contributed by atoms with Crippen molar-refractivity contribution in [3.05, 3.63) is 28.0 Å². The van der Waals surface area contributed by atoms with Crippen molar-refractivity contribution in [2.24, 2.45) is 0 Å². The highest BCUT2D eigenvalue weighted by atomic mass is 79.9. The minimum atomic E-state index is -0.223. The lowest BCUT2D eigenvalue weighted by Gasteiger charge is -2.27. The first kappa shape index (κ1) is 11.9. The van der Waals surface area contributed by atoms with Crippen molar-refractivity contribution >= 4 is 15.9 Å². The number of hydrogen-bond donors (Lipinski definition) is 1. The second-order valence-corrected chi connectivity index (χ2v) is 4.80. The summed E-state index contributed by atoms with van der Waals surface area (Å²) in [5, 5.41) is 3.41. The lowest BCUT2D eigenvalue weighted by atomic mass is 10.0. The maximum Gasteiger partial charge on any atom is 0.138 e. The smallest absolute Gasteiger partial charge is 0.138 e. The van der Waals surface area contributed by atoms with Gasteiger partial charge in [-0.05, 0) is 41.0 Å². The Hall–Kier alpha value is -0.610. The first-order valence-electron chi connectivity index (χ1n) is 5.57. The van der Waals surface area contributed by atoms with Crippen LogP contribution in [0.3, 0.4) is 0 Å². The highest BCUT2D eigenvalue weighted by Gasteiger charge is 2.23. The minimum absolute atomic E-state index is 0.204. The Morgan fingerprint density at radius 3 is 3.12 bits per heavy atom. The number of fused-ring (bicyclic) bond motifs is 1. The van der Waals surface area contributed by atoms with Crippen LogP contribution in [-0.2, 0) is 0 Å². The molecule has 0 radical (unpaired) electrons. The van der Waals surface area contributed by atoms with E-state index in [2.05, 4.69) is 28.2 Å². The summed E-state index contributed by atoms with van der Waals surface area (Å²) in [7, 11) is 0. The normalized spacial score (nSPS) is 19.1. The SMILES string of the molecule is CCCNC1CCOc2c(Br)cc(F)cc21. The van der Waals surface area contributed by atoms with Gasteiger partial charge in [-0.1, -0.05) is 6.92 Å². The molecule has 1 unspecified atom stereocenters. The number of hydrogen-bond acceptors (Lipinski definition) is 2. The number of nitrogens with one attached hydrogen (secondary N) is 1. The van der Waals surface area contributed by atoms with Crippen LogP contribution in [0.4, 0.5) is 4.39 Å². The standard InChI is InChI=1S/C12H15BrFNO/c1-2-4-15-11-3-5-16-12-9(11)6-8(14)7-10(12)13/h6-7,11,15H,2-5H2,1H3. The quantitative estimate of drug-likeness (QED) is 0.920. The summed E-state index contributed by atoms with van der Waals surface area (Å²) in [5.74, 6) is 0.556. The molecule has 88 valence electrons. The van der Waals surface area contributed by atoms with Crippen LogP contribution in [-0.4, -0.2) is 13.2 Å². The highest BCUT2D eigenvalue weighted by Crippen LogP contribution is 2.38. The molecular weight excluding hydrogens is 273 g/mol. The number of rotatable bonds is 3. The highest BCUT2D eigenvalue weighted by molar-refractivity contribution is 9.10. The van der Waals surface area contributed by atoms with Crippen LogP contribution in [0.15, 0.2) is 16.6 Å². The van der Waals surface area contributed by atoms with E-state index in [1.54, 1.807) is 6.07 Å². The van der Waals surface area contributed by atoms with Crippen molar-refractivity contribution in [3.8, 4) is 5.75 Å². The average molecular weight is 288 g/mol. The van der Waals surface area contributed by atoms with Gasteiger partial charge in [0.25, 0.3) is 0 Å². The van der Waals surface area contributed by atoms with Crippen molar-refractivity contribution in [3.63, 3.8) is 0 Å². The Morgan fingerprint density at radius 1 is 1.56 bits per heavy atom. The van der Waals surface area contributed by atoms with Crippen molar-refractivity contribution < 1.29 is 9.13 Å². The summed E-state index contributed by atoms with van der Waals surface area (Å²) in [4.78, 5) is 0. The number of benzene rings is 1. The molecule has 0 aromatic heterocycles. The molecule has 4 heteroatoms. The molecule has 2 nitrogen and oxygen atoms in total. The van der Waals surface area contributed by atoms with E-state index in [0.717, 1.165) is 30.7 Å². The van der Waals surface area contributed by atoms with Gasteiger partial charge in [0.2, 0.25) is 0 Å². The molecule has 0 aliphatic carbocycles. The summed E-state index contributed by atoms with van der Waals surface area (Å²) in [5.41, 5.74) is 0.923. The third-order valence-corrected chi connectivity index (χ3v) is 3.30. The molecule has 1 N–H and O–H groups in total. The van der Waals surface area contributed by atoms with E-state index >= 15 is 0 Å². The lowest BCUT2D eigenvalue weighted by Crippen LogP contribution is -2.27. The predicted octanol–water partition coefficient (Wildman–Crippen LogP) is 3.41. The summed E-state index contributed by atoms with van der Waals surface area (Å²) in [6.07, 6.45) is 1.96. The van der Waals surface area contributed by atoms with Gasteiger partial charge in [0.15, 0.2) is 0 Å².